The molecule has 0 saturated heterocycles. The highest BCUT2D eigenvalue weighted by molar-refractivity contribution is 5.80. The third kappa shape index (κ3) is 8.99. The Morgan fingerprint density at radius 3 is 2.14 bits per heavy atom. The summed E-state index contributed by atoms with van der Waals surface area (Å²) in [4.78, 5) is 20.6. The lowest BCUT2D eigenvalue weighted by Gasteiger charge is -1.99. The Kier molecular flexibility index (Phi) is 7.83. The summed E-state index contributed by atoms with van der Waals surface area (Å²) in [6.07, 6.45) is 2.75. The Bertz CT molecular complexity index is 178. The maximum Gasteiger partial charge on any atom is 0.513 e. The highest BCUT2D eigenvalue weighted by Crippen LogP contribution is 2.05. The molecule has 0 aliphatic carbocycles. The van der Waals surface area contributed by atoms with Crippen LogP contribution in [-0.2, 0) is 9.53 Å². The molecule has 0 aromatic rings. The van der Waals surface area contributed by atoms with Crippen LogP contribution in [0.3, 0.4) is 0 Å². The lowest BCUT2D eigenvalue weighted by Crippen LogP contribution is -2.09. The van der Waals surface area contributed by atoms with Gasteiger partial charge in [0.2, 0.25) is 0 Å². The average Bonchev–Trinajstić information content (AvgIpc) is 2.10. The molecule has 2 N–H and O–H groups in total. The minimum absolute atomic E-state index is 0.144. The van der Waals surface area contributed by atoms with Crippen LogP contribution in [0, 0.1) is 0 Å². The van der Waals surface area contributed by atoms with Gasteiger partial charge in [-0.25, -0.2) is 4.79 Å². The maximum absolute atomic E-state index is 10.7. The molecular weight excluding hydrogens is 188 g/mol. The smallest absolute Gasteiger partial charge is 0.449 e. The number of hydrogen-bond acceptors (Lipinski definition) is 4. The van der Waals surface area contributed by atoms with E-state index >= 15 is 0 Å². The molecule has 0 fully saturated rings. The van der Waals surface area contributed by atoms with E-state index < -0.39 is 12.1 Å². The molecule has 0 saturated carbocycles. The summed E-state index contributed by atoms with van der Waals surface area (Å²) < 4.78 is 3.92. The molecule has 0 aliphatic heterocycles. The van der Waals surface area contributed by atoms with Gasteiger partial charge in [-0.05, 0) is 12.8 Å². The van der Waals surface area contributed by atoms with E-state index in [1.54, 1.807) is 0 Å². The van der Waals surface area contributed by atoms with E-state index in [1.807, 2.05) is 0 Å². The fourth-order valence-corrected chi connectivity index (χ4v) is 1.06. The number of ether oxygens (including phenoxy) is 1. The molecular formula is C9H16O5. The summed E-state index contributed by atoms with van der Waals surface area (Å²) in [7, 11) is 0. The van der Waals surface area contributed by atoms with Gasteiger partial charge in [0.1, 0.15) is 0 Å². The molecule has 0 aromatic carbocycles. The van der Waals surface area contributed by atoms with Crippen molar-refractivity contribution in [1.29, 1.82) is 0 Å². The van der Waals surface area contributed by atoms with Crippen molar-refractivity contribution in [2.24, 2.45) is 0 Å². The Hall–Kier alpha value is -1.10. The van der Waals surface area contributed by atoms with E-state index in [9.17, 15) is 9.59 Å². The molecule has 0 spiro atoms. The molecule has 5 heteroatoms. The van der Waals surface area contributed by atoms with Crippen molar-refractivity contribution in [3.05, 3.63) is 0 Å². The Morgan fingerprint density at radius 2 is 1.57 bits per heavy atom. The van der Waals surface area contributed by atoms with Gasteiger partial charge in [0.15, 0.2) is 0 Å². The molecule has 0 amide bonds. The SMILES string of the molecule is O=C(O)OC(=O)CCCCCCCO. The van der Waals surface area contributed by atoms with Gasteiger partial charge in [-0.1, -0.05) is 19.3 Å². The standard InChI is InChI=1S/C9H16O5/c10-7-5-3-1-2-4-6-8(11)14-9(12)13/h10H,1-7H2,(H,12,13). The number of carbonyl (C=O) groups is 2. The molecule has 0 bridgehead atoms. The first-order chi connectivity index (χ1) is 6.66. The number of aliphatic hydroxyl groups is 1. The summed E-state index contributed by atoms with van der Waals surface area (Å²) >= 11 is 0. The number of esters is 1. The van der Waals surface area contributed by atoms with Crippen molar-refractivity contribution < 1.29 is 24.5 Å². The van der Waals surface area contributed by atoms with Crippen LogP contribution < -0.4 is 0 Å². The van der Waals surface area contributed by atoms with Crippen LogP contribution in [0.25, 0.3) is 0 Å². The third-order valence-electron chi connectivity index (χ3n) is 1.74. The first-order valence-electron chi connectivity index (χ1n) is 4.71. The summed E-state index contributed by atoms with van der Waals surface area (Å²) in [5, 5.41) is 16.6. The van der Waals surface area contributed by atoms with Crippen molar-refractivity contribution >= 4 is 12.1 Å². The minimum Gasteiger partial charge on any atom is -0.449 e. The van der Waals surface area contributed by atoms with Gasteiger partial charge < -0.3 is 14.9 Å². The first kappa shape index (κ1) is 12.9. The fraction of sp³-hybridized carbons (Fsp3) is 0.778. The number of carbonyl (C=O) groups excluding carboxylic acids is 1. The number of carboxylic acid groups (broad SMARTS) is 1. The summed E-state index contributed by atoms with van der Waals surface area (Å²) in [5.41, 5.74) is 0. The second-order valence-corrected chi connectivity index (χ2v) is 2.98. The summed E-state index contributed by atoms with van der Waals surface area (Å²) in [6.45, 7) is 0.195. The van der Waals surface area contributed by atoms with Gasteiger partial charge >= 0.3 is 12.1 Å². The predicted octanol–water partition coefficient (Wildman–Crippen LogP) is 1.54. The molecule has 0 aliphatic rings. The van der Waals surface area contributed by atoms with E-state index in [0.717, 1.165) is 25.7 Å². The lowest BCUT2D eigenvalue weighted by atomic mass is 10.1. The Labute approximate surface area is 82.7 Å². The fourth-order valence-electron chi connectivity index (χ4n) is 1.06. The van der Waals surface area contributed by atoms with Crippen LogP contribution in [0.5, 0.6) is 0 Å². The average molecular weight is 204 g/mol. The second kappa shape index (κ2) is 8.50. The number of hydrogen-bond donors (Lipinski definition) is 2. The first-order valence-corrected chi connectivity index (χ1v) is 4.71. The number of aliphatic hydroxyl groups excluding tert-OH is 1. The highest BCUT2D eigenvalue weighted by atomic mass is 16.7. The van der Waals surface area contributed by atoms with Crippen LogP contribution >= 0.6 is 0 Å². The van der Waals surface area contributed by atoms with Crippen molar-refractivity contribution in [3.8, 4) is 0 Å². The van der Waals surface area contributed by atoms with Crippen molar-refractivity contribution in [2.45, 2.75) is 38.5 Å². The van der Waals surface area contributed by atoms with E-state index in [0.29, 0.717) is 6.42 Å². The second-order valence-electron chi connectivity index (χ2n) is 2.98. The monoisotopic (exact) mass is 204 g/mol. The lowest BCUT2D eigenvalue weighted by molar-refractivity contribution is -0.139. The maximum atomic E-state index is 10.7. The van der Waals surface area contributed by atoms with Gasteiger partial charge in [0.05, 0.1) is 0 Å². The van der Waals surface area contributed by atoms with Gasteiger partial charge in [-0.2, -0.15) is 0 Å². The quantitative estimate of drug-likeness (QED) is 0.373. The molecule has 0 heterocycles. The van der Waals surface area contributed by atoms with E-state index in [1.165, 1.54) is 0 Å². The zero-order valence-corrected chi connectivity index (χ0v) is 8.07. The molecule has 0 rings (SSSR count). The van der Waals surface area contributed by atoms with Gasteiger partial charge in [-0.15, -0.1) is 0 Å². The Morgan fingerprint density at radius 1 is 1.00 bits per heavy atom. The largest absolute Gasteiger partial charge is 0.513 e. The minimum atomic E-state index is -1.55. The molecule has 5 nitrogen and oxygen atoms in total. The van der Waals surface area contributed by atoms with Gasteiger partial charge in [0.25, 0.3) is 0 Å². The molecule has 0 radical (unpaired) electrons. The zero-order valence-electron chi connectivity index (χ0n) is 8.07. The predicted molar refractivity (Wildman–Crippen MR) is 48.9 cm³/mol. The van der Waals surface area contributed by atoms with Crippen LogP contribution in [0.2, 0.25) is 0 Å². The summed E-state index contributed by atoms with van der Waals surface area (Å²) in [6, 6.07) is 0. The van der Waals surface area contributed by atoms with Crippen LogP contribution in [-0.4, -0.2) is 28.9 Å². The third-order valence-corrected chi connectivity index (χ3v) is 1.74. The summed E-state index contributed by atoms with van der Waals surface area (Å²) in [5.74, 6) is -0.695. The van der Waals surface area contributed by atoms with E-state index in [2.05, 4.69) is 4.74 Å². The molecule has 14 heavy (non-hydrogen) atoms. The Balaban J connectivity index is 3.19. The molecule has 0 atom stereocenters. The molecule has 0 unspecified atom stereocenters. The van der Waals surface area contributed by atoms with Crippen LogP contribution in [0.15, 0.2) is 0 Å². The van der Waals surface area contributed by atoms with Crippen molar-refractivity contribution in [2.75, 3.05) is 6.61 Å². The van der Waals surface area contributed by atoms with Crippen molar-refractivity contribution in [3.63, 3.8) is 0 Å². The van der Waals surface area contributed by atoms with E-state index in [4.69, 9.17) is 10.2 Å². The van der Waals surface area contributed by atoms with Crippen LogP contribution in [0.4, 0.5) is 4.79 Å². The number of rotatable bonds is 7. The molecule has 82 valence electrons. The van der Waals surface area contributed by atoms with Crippen LogP contribution in [0.1, 0.15) is 38.5 Å². The zero-order chi connectivity index (χ0) is 10.8. The van der Waals surface area contributed by atoms with Gasteiger partial charge in [-0.3, -0.25) is 4.79 Å². The van der Waals surface area contributed by atoms with Gasteiger partial charge in [0, 0.05) is 13.0 Å². The van der Waals surface area contributed by atoms with Crippen molar-refractivity contribution in [1.82, 2.24) is 0 Å². The molecule has 0 aromatic heterocycles. The topological polar surface area (TPSA) is 83.8 Å². The van der Waals surface area contributed by atoms with E-state index in [-0.39, 0.29) is 13.0 Å². The highest BCUT2D eigenvalue weighted by Gasteiger charge is 2.06. The normalized spacial score (nSPS) is 9.79. The number of unbranched alkanes of at least 4 members (excludes halogenated alkanes) is 4.